The number of Topliss-reactive ketones (excluding diaryl/α,β-unsaturated/α-hetero) is 1. The average molecular weight is 251 g/mol. The van der Waals surface area contributed by atoms with Crippen LogP contribution in [-0.2, 0) is 0 Å². The molecule has 98 valence electrons. The van der Waals surface area contributed by atoms with E-state index in [0.717, 1.165) is 25.9 Å². The minimum absolute atomic E-state index is 0.0158. The zero-order valence-electron chi connectivity index (χ0n) is 10.8. The molecular formula is C14H18FNO2. The Morgan fingerprint density at radius 1 is 1.50 bits per heavy atom. The number of nitrogens with zero attached hydrogens (tertiary/aromatic N) is 1. The molecule has 0 radical (unpaired) electrons. The maximum absolute atomic E-state index is 13.3. The van der Waals surface area contributed by atoms with Gasteiger partial charge in [0.2, 0.25) is 0 Å². The van der Waals surface area contributed by atoms with Gasteiger partial charge in [-0.3, -0.25) is 4.79 Å². The number of carbonyl (C=O) groups excluding carboxylic acids is 1. The molecule has 1 heterocycles. The number of hydrogen-bond acceptors (Lipinski definition) is 3. The molecular weight excluding hydrogens is 233 g/mol. The standard InChI is InChI=1S/C14H18FNO2/c1-16-7-3-4-10(9-16)14(17)12-8-11(15)5-6-13(12)18-2/h5-6,8,10H,3-4,7,9H2,1-2H3/t10-/m1/s1. The second kappa shape index (κ2) is 5.48. The fourth-order valence-electron chi connectivity index (χ4n) is 2.47. The van der Waals surface area contributed by atoms with Gasteiger partial charge in [-0.25, -0.2) is 4.39 Å². The highest BCUT2D eigenvalue weighted by Crippen LogP contribution is 2.26. The summed E-state index contributed by atoms with van der Waals surface area (Å²) in [6, 6.07) is 4.09. The van der Waals surface area contributed by atoms with Gasteiger partial charge in [0.15, 0.2) is 5.78 Å². The normalized spacial score (nSPS) is 20.7. The average Bonchev–Trinajstić information content (AvgIpc) is 2.38. The van der Waals surface area contributed by atoms with Crippen LogP contribution in [0.25, 0.3) is 0 Å². The van der Waals surface area contributed by atoms with Crippen molar-refractivity contribution in [1.82, 2.24) is 4.90 Å². The number of benzene rings is 1. The van der Waals surface area contributed by atoms with Gasteiger partial charge in [0, 0.05) is 12.5 Å². The Morgan fingerprint density at radius 2 is 2.28 bits per heavy atom. The molecule has 1 aromatic carbocycles. The van der Waals surface area contributed by atoms with Crippen molar-refractivity contribution in [3.05, 3.63) is 29.6 Å². The summed E-state index contributed by atoms with van der Waals surface area (Å²) in [6.45, 7) is 1.75. The van der Waals surface area contributed by atoms with Gasteiger partial charge in [-0.2, -0.15) is 0 Å². The number of ether oxygens (including phenoxy) is 1. The summed E-state index contributed by atoms with van der Waals surface area (Å²) in [5.41, 5.74) is 0.359. The summed E-state index contributed by atoms with van der Waals surface area (Å²) in [5.74, 6) is -0.0182. The lowest BCUT2D eigenvalue weighted by atomic mass is 9.90. The fraction of sp³-hybridized carbons (Fsp3) is 0.500. The van der Waals surface area contributed by atoms with E-state index in [1.165, 1.54) is 25.3 Å². The summed E-state index contributed by atoms with van der Waals surface area (Å²) < 4.78 is 18.4. The van der Waals surface area contributed by atoms with Crippen LogP contribution in [0, 0.1) is 11.7 Å². The van der Waals surface area contributed by atoms with E-state index in [0.29, 0.717) is 11.3 Å². The maximum atomic E-state index is 13.3. The maximum Gasteiger partial charge on any atom is 0.171 e. The first-order valence-electron chi connectivity index (χ1n) is 6.18. The van der Waals surface area contributed by atoms with E-state index < -0.39 is 5.82 Å². The lowest BCUT2D eigenvalue weighted by molar-refractivity contribution is 0.0839. The third kappa shape index (κ3) is 2.70. The number of piperidine rings is 1. The summed E-state index contributed by atoms with van der Waals surface area (Å²) in [4.78, 5) is 14.5. The van der Waals surface area contributed by atoms with Gasteiger partial charge in [-0.1, -0.05) is 0 Å². The van der Waals surface area contributed by atoms with Gasteiger partial charge in [0.05, 0.1) is 12.7 Å². The van der Waals surface area contributed by atoms with Crippen LogP contribution in [0.2, 0.25) is 0 Å². The van der Waals surface area contributed by atoms with Crippen LogP contribution < -0.4 is 4.74 Å². The highest BCUT2D eigenvalue weighted by atomic mass is 19.1. The van der Waals surface area contributed by atoms with Crippen LogP contribution in [-0.4, -0.2) is 37.9 Å². The number of ketones is 1. The first-order valence-corrected chi connectivity index (χ1v) is 6.18. The van der Waals surface area contributed by atoms with Gasteiger partial charge in [-0.15, -0.1) is 0 Å². The quantitative estimate of drug-likeness (QED) is 0.772. The molecule has 0 bridgehead atoms. The van der Waals surface area contributed by atoms with Crippen molar-refractivity contribution in [3.63, 3.8) is 0 Å². The van der Waals surface area contributed by atoms with Gasteiger partial charge in [0.1, 0.15) is 11.6 Å². The Balaban J connectivity index is 2.24. The van der Waals surface area contributed by atoms with Crippen LogP contribution in [0.15, 0.2) is 18.2 Å². The predicted molar refractivity (Wildman–Crippen MR) is 67.5 cm³/mol. The lowest BCUT2D eigenvalue weighted by Gasteiger charge is -2.28. The molecule has 1 aliphatic rings. The smallest absolute Gasteiger partial charge is 0.171 e. The predicted octanol–water partition coefficient (Wildman–Crippen LogP) is 2.36. The van der Waals surface area contributed by atoms with Crippen LogP contribution in [0.4, 0.5) is 4.39 Å². The van der Waals surface area contributed by atoms with Crippen molar-refractivity contribution >= 4 is 5.78 Å². The van der Waals surface area contributed by atoms with E-state index in [4.69, 9.17) is 4.74 Å². The molecule has 0 amide bonds. The zero-order valence-corrected chi connectivity index (χ0v) is 10.8. The first-order chi connectivity index (χ1) is 8.61. The third-order valence-electron chi connectivity index (χ3n) is 3.42. The Bertz CT molecular complexity index is 447. The molecule has 0 spiro atoms. The SMILES string of the molecule is COc1ccc(F)cc1C(=O)[C@@H]1CCCN(C)C1. The van der Waals surface area contributed by atoms with Gasteiger partial charge < -0.3 is 9.64 Å². The Kier molecular flexibility index (Phi) is 3.97. The minimum atomic E-state index is -0.400. The number of rotatable bonds is 3. The molecule has 0 N–H and O–H groups in total. The number of hydrogen-bond donors (Lipinski definition) is 0. The third-order valence-corrected chi connectivity index (χ3v) is 3.42. The lowest BCUT2D eigenvalue weighted by Crippen LogP contribution is -2.36. The topological polar surface area (TPSA) is 29.5 Å². The summed E-state index contributed by atoms with van der Waals surface area (Å²) in [6.07, 6.45) is 1.87. The fourth-order valence-corrected chi connectivity index (χ4v) is 2.47. The van der Waals surface area contributed by atoms with E-state index in [1.807, 2.05) is 7.05 Å². The van der Waals surface area contributed by atoms with E-state index in [2.05, 4.69) is 4.90 Å². The van der Waals surface area contributed by atoms with Crippen LogP contribution in [0.3, 0.4) is 0 Å². The summed E-state index contributed by atoms with van der Waals surface area (Å²) in [7, 11) is 3.50. The van der Waals surface area contributed by atoms with Crippen molar-refractivity contribution in [2.45, 2.75) is 12.8 Å². The Labute approximate surface area is 107 Å². The Hall–Kier alpha value is -1.42. The van der Waals surface area contributed by atoms with Crippen LogP contribution in [0.1, 0.15) is 23.2 Å². The van der Waals surface area contributed by atoms with Crippen molar-refractivity contribution in [2.75, 3.05) is 27.2 Å². The molecule has 1 saturated heterocycles. The van der Waals surface area contributed by atoms with Gasteiger partial charge in [-0.05, 0) is 44.6 Å². The van der Waals surface area contributed by atoms with Gasteiger partial charge >= 0.3 is 0 Å². The molecule has 2 rings (SSSR count). The molecule has 1 atom stereocenters. The summed E-state index contributed by atoms with van der Waals surface area (Å²) in [5, 5.41) is 0. The molecule has 1 aliphatic heterocycles. The van der Waals surface area contributed by atoms with Crippen molar-refractivity contribution in [3.8, 4) is 5.75 Å². The molecule has 0 aliphatic carbocycles. The largest absolute Gasteiger partial charge is 0.496 e. The Morgan fingerprint density at radius 3 is 2.94 bits per heavy atom. The first kappa shape index (κ1) is 13.0. The zero-order chi connectivity index (χ0) is 13.1. The van der Waals surface area contributed by atoms with Crippen LogP contribution in [0.5, 0.6) is 5.75 Å². The minimum Gasteiger partial charge on any atom is -0.496 e. The highest BCUT2D eigenvalue weighted by molar-refractivity contribution is 6.00. The molecule has 18 heavy (non-hydrogen) atoms. The number of methoxy groups -OCH3 is 1. The number of halogens is 1. The monoisotopic (exact) mass is 251 g/mol. The van der Waals surface area contributed by atoms with E-state index in [1.54, 1.807) is 0 Å². The number of carbonyl (C=O) groups is 1. The van der Waals surface area contributed by atoms with E-state index >= 15 is 0 Å². The highest BCUT2D eigenvalue weighted by Gasteiger charge is 2.27. The second-order valence-electron chi connectivity index (χ2n) is 4.81. The molecule has 4 heteroatoms. The molecule has 0 saturated carbocycles. The van der Waals surface area contributed by atoms with Crippen LogP contribution >= 0.6 is 0 Å². The molecule has 1 aromatic rings. The van der Waals surface area contributed by atoms with E-state index in [-0.39, 0.29) is 11.7 Å². The number of likely N-dealkylation sites (tertiary alicyclic amines) is 1. The van der Waals surface area contributed by atoms with Gasteiger partial charge in [0.25, 0.3) is 0 Å². The van der Waals surface area contributed by atoms with E-state index in [9.17, 15) is 9.18 Å². The molecule has 1 fully saturated rings. The summed E-state index contributed by atoms with van der Waals surface area (Å²) >= 11 is 0. The van der Waals surface area contributed by atoms with Crippen molar-refractivity contribution < 1.29 is 13.9 Å². The van der Waals surface area contributed by atoms with Crippen molar-refractivity contribution in [1.29, 1.82) is 0 Å². The molecule has 0 unspecified atom stereocenters. The second-order valence-corrected chi connectivity index (χ2v) is 4.81. The van der Waals surface area contributed by atoms with Crippen molar-refractivity contribution in [2.24, 2.45) is 5.92 Å². The molecule has 0 aromatic heterocycles. The molecule has 3 nitrogen and oxygen atoms in total.